The minimum atomic E-state index is 0.147. The summed E-state index contributed by atoms with van der Waals surface area (Å²) in [6.45, 7) is 4.09. The highest BCUT2D eigenvalue weighted by molar-refractivity contribution is 7.15. The van der Waals surface area contributed by atoms with Crippen LogP contribution in [-0.2, 0) is 6.42 Å². The van der Waals surface area contributed by atoms with E-state index in [9.17, 15) is 0 Å². The second-order valence-corrected chi connectivity index (χ2v) is 5.12. The molecule has 3 nitrogen and oxygen atoms in total. The van der Waals surface area contributed by atoms with E-state index in [2.05, 4.69) is 29.0 Å². The molecule has 80 valence electrons. The molecule has 1 unspecified atom stereocenters. The Labute approximate surface area is 93.4 Å². The summed E-state index contributed by atoms with van der Waals surface area (Å²) in [5.74, 6) is 0.964. The summed E-state index contributed by atoms with van der Waals surface area (Å²) in [5, 5.41) is 0. The van der Waals surface area contributed by atoms with Crippen LogP contribution in [0.15, 0.2) is 18.3 Å². The van der Waals surface area contributed by atoms with E-state index in [1.807, 2.05) is 13.1 Å². The summed E-state index contributed by atoms with van der Waals surface area (Å²) in [4.78, 5) is 10.2. The van der Waals surface area contributed by atoms with Crippen LogP contribution in [0.3, 0.4) is 0 Å². The van der Waals surface area contributed by atoms with Crippen LogP contribution in [0, 0.1) is 6.92 Å². The van der Waals surface area contributed by atoms with Gasteiger partial charge in [0.25, 0.3) is 0 Å². The van der Waals surface area contributed by atoms with Gasteiger partial charge in [0.05, 0.1) is 16.8 Å². The Morgan fingerprint density at radius 3 is 2.93 bits per heavy atom. The number of thiophene rings is 1. The second kappa shape index (κ2) is 4.16. The Morgan fingerprint density at radius 1 is 1.53 bits per heavy atom. The number of aryl methyl sites for hydroxylation is 1. The monoisotopic (exact) mass is 221 g/mol. The van der Waals surface area contributed by atoms with Crippen LogP contribution in [-0.4, -0.2) is 16.0 Å². The van der Waals surface area contributed by atoms with Crippen LogP contribution < -0.4 is 5.73 Å². The van der Waals surface area contributed by atoms with Crippen molar-refractivity contribution in [1.29, 1.82) is 0 Å². The first-order valence-corrected chi connectivity index (χ1v) is 5.83. The molecule has 0 spiro atoms. The SMILES string of the molecule is Cc1ccc(-c2cnc(CC(C)N)[nH]2)s1. The maximum atomic E-state index is 5.72. The van der Waals surface area contributed by atoms with Crippen molar-refractivity contribution in [2.24, 2.45) is 5.73 Å². The number of aromatic amines is 1. The molecule has 2 heterocycles. The van der Waals surface area contributed by atoms with Crippen molar-refractivity contribution in [3.63, 3.8) is 0 Å². The van der Waals surface area contributed by atoms with E-state index in [-0.39, 0.29) is 6.04 Å². The summed E-state index contributed by atoms with van der Waals surface area (Å²) in [6.07, 6.45) is 2.67. The molecule has 4 heteroatoms. The van der Waals surface area contributed by atoms with Gasteiger partial charge in [0.2, 0.25) is 0 Å². The number of nitrogens with two attached hydrogens (primary N) is 1. The van der Waals surface area contributed by atoms with Gasteiger partial charge in [-0.15, -0.1) is 11.3 Å². The third-order valence-corrected chi connectivity index (χ3v) is 3.18. The van der Waals surface area contributed by atoms with Crippen LogP contribution in [0.5, 0.6) is 0 Å². The van der Waals surface area contributed by atoms with Gasteiger partial charge in [-0.3, -0.25) is 0 Å². The third kappa shape index (κ3) is 2.46. The van der Waals surface area contributed by atoms with Crippen molar-refractivity contribution in [3.8, 4) is 10.6 Å². The molecule has 2 aromatic heterocycles. The van der Waals surface area contributed by atoms with Crippen molar-refractivity contribution < 1.29 is 0 Å². The molecular formula is C11H15N3S. The number of aromatic nitrogens is 2. The average Bonchev–Trinajstić information content (AvgIpc) is 2.72. The first kappa shape index (κ1) is 10.4. The zero-order valence-electron chi connectivity index (χ0n) is 8.95. The quantitative estimate of drug-likeness (QED) is 0.835. The van der Waals surface area contributed by atoms with Crippen molar-refractivity contribution in [2.75, 3.05) is 0 Å². The molecule has 0 amide bonds. The molecule has 0 aromatic carbocycles. The second-order valence-electron chi connectivity index (χ2n) is 3.84. The van der Waals surface area contributed by atoms with Gasteiger partial charge in [0, 0.05) is 17.3 Å². The minimum absolute atomic E-state index is 0.147. The molecule has 1 atom stereocenters. The molecule has 0 fully saturated rings. The summed E-state index contributed by atoms with van der Waals surface area (Å²) < 4.78 is 0. The van der Waals surface area contributed by atoms with Crippen molar-refractivity contribution in [2.45, 2.75) is 26.3 Å². The smallest absolute Gasteiger partial charge is 0.108 e. The maximum absolute atomic E-state index is 5.72. The fourth-order valence-electron chi connectivity index (χ4n) is 1.48. The van der Waals surface area contributed by atoms with Crippen LogP contribution >= 0.6 is 11.3 Å². The number of rotatable bonds is 3. The van der Waals surface area contributed by atoms with E-state index in [0.29, 0.717) is 0 Å². The molecule has 2 rings (SSSR count). The fraction of sp³-hybridized carbons (Fsp3) is 0.364. The number of hydrogen-bond acceptors (Lipinski definition) is 3. The van der Waals surface area contributed by atoms with Crippen molar-refractivity contribution >= 4 is 11.3 Å². The van der Waals surface area contributed by atoms with Gasteiger partial charge in [0.1, 0.15) is 5.82 Å². The van der Waals surface area contributed by atoms with Crippen LogP contribution in [0.1, 0.15) is 17.6 Å². The lowest BCUT2D eigenvalue weighted by atomic mass is 10.2. The van der Waals surface area contributed by atoms with Crippen LogP contribution in [0.25, 0.3) is 10.6 Å². The molecular weight excluding hydrogens is 206 g/mol. The Kier molecular flexibility index (Phi) is 2.88. The molecule has 0 aliphatic rings. The number of H-pyrrole nitrogens is 1. The molecule has 0 saturated carbocycles. The molecule has 0 radical (unpaired) electrons. The molecule has 2 aromatic rings. The highest BCUT2D eigenvalue weighted by Crippen LogP contribution is 2.25. The van der Waals surface area contributed by atoms with E-state index in [0.717, 1.165) is 17.9 Å². The third-order valence-electron chi connectivity index (χ3n) is 2.15. The fourth-order valence-corrected chi connectivity index (χ4v) is 2.31. The Hall–Kier alpha value is -1.13. The zero-order chi connectivity index (χ0) is 10.8. The number of nitrogens with one attached hydrogen (secondary N) is 1. The van der Waals surface area contributed by atoms with E-state index in [4.69, 9.17) is 5.73 Å². The summed E-state index contributed by atoms with van der Waals surface area (Å²) in [6, 6.07) is 4.38. The molecule has 3 N–H and O–H groups in total. The summed E-state index contributed by atoms with van der Waals surface area (Å²) >= 11 is 1.77. The van der Waals surface area contributed by atoms with Gasteiger partial charge in [-0.25, -0.2) is 4.98 Å². The lowest BCUT2D eigenvalue weighted by molar-refractivity contribution is 0.710. The molecule has 0 aliphatic carbocycles. The van der Waals surface area contributed by atoms with Crippen molar-refractivity contribution in [3.05, 3.63) is 29.0 Å². The zero-order valence-corrected chi connectivity index (χ0v) is 9.77. The van der Waals surface area contributed by atoms with E-state index in [1.165, 1.54) is 9.75 Å². The molecule has 0 saturated heterocycles. The van der Waals surface area contributed by atoms with Gasteiger partial charge in [-0.1, -0.05) is 0 Å². The number of nitrogens with zero attached hydrogens (tertiary/aromatic N) is 1. The van der Waals surface area contributed by atoms with E-state index < -0.39 is 0 Å². The van der Waals surface area contributed by atoms with Gasteiger partial charge in [0.15, 0.2) is 0 Å². The number of imidazole rings is 1. The van der Waals surface area contributed by atoms with E-state index >= 15 is 0 Å². The Morgan fingerprint density at radius 2 is 2.33 bits per heavy atom. The summed E-state index contributed by atoms with van der Waals surface area (Å²) in [7, 11) is 0. The first-order chi connectivity index (χ1) is 7.15. The van der Waals surface area contributed by atoms with Crippen molar-refractivity contribution in [1.82, 2.24) is 9.97 Å². The lowest BCUT2D eigenvalue weighted by Gasteiger charge is -1.99. The molecule has 0 aliphatic heterocycles. The number of hydrogen-bond donors (Lipinski definition) is 2. The summed E-state index contributed by atoms with van der Waals surface area (Å²) in [5.41, 5.74) is 6.81. The van der Waals surface area contributed by atoms with Gasteiger partial charge in [-0.05, 0) is 26.0 Å². The minimum Gasteiger partial charge on any atom is -0.341 e. The Bertz CT molecular complexity index is 442. The molecule has 15 heavy (non-hydrogen) atoms. The topological polar surface area (TPSA) is 54.7 Å². The van der Waals surface area contributed by atoms with E-state index in [1.54, 1.807) is 11.3 Å². The van der Waals surface area contributed by atoms with Gasteiger partial charge >= 0.3 is 0 Å². The largest absolute Gasteiger partial charge is 0.341 e. The van der Waals surface area contributed by atoms with Gasteiger partial charge in [-0.2, -0.15) is 0 Å². The standard InChI is InChI=1S/C11H15N3S/c1-7(12)5-11-13-6-9(14-11)10-4-3-8(2)15-10/h3-4,6-7H,5,12H2,1-2H3,(H,13,14). The van der Waals surface area contributed by atoms with Crippen LogP contribution in [0.4, 0.5) is 0 Å². The lowest BCUT2D eigenvalue weighted by Crippen LogP contribution is -2.18. The molecule has 0 bridgehead atoms. The first-order valence-electron chi connectivity index (χ1n) is 5.01. The van der Waals surface area contributed by atoms with Crippen LogP contribution in [0.2, 0.25) is 0 Å². The normalized spacial score (nSPS) is 13.0. The highest BCUT2D eigenvalue weighted by atomic mass is 32.1. The Balaban J connectivity index is 2.20. The van der Waals surface area contributed by atoms with Gasteiger partial charge < -0.3 is 10.7 Å². The average molecular weight is 221 g/mol. The maximum Gasteiger partial charge on any atom is 0.108 e. The highest BCUT2D eigenvalue weighted by Gasteiger charge is 2.06. The predicted molar refractivity (Wildman–Crippen MR) is 64.0 cm³/mol. The predicted octanol–water partition coefficient (Wildman–Crippen LogP) is 2.34.